The molecule has 1 heterocycles. The first kappa shape index (κ1) is 18.3. The molecule has 1 unspecified atom stereocenters. The van der Waals surface area contributed by atoms with Crippen LogP contribution in [0.1, 0.15) is 31.7 Å². The highest BCUT2D eigenvalue weighted by Gasteiger charge is 2.23. The number of nitrogens with one attached hydrogen (secondary N) is 1. The summed E-state index contributed by atoms with van der Waals surface area (Å²) in [6.07, 6.45) is 0.781. The predicted molar refractivity (Wildman–Crippen MR) is 97.0 cm³/mol. The smallest absolute Gasteiger partial charge is 0.228 e. The number of anilines is 1. The average molecular weight is 328 g/mol. The van der Waals surface area contributed by atoms with Crippen LogP contribution in [0.2, 0.25) is 0 Å². The molecule has 1 fully saturated rings. The quantitative estimate of drug-likeness (QED) is 0.814. The summed E-state index contributed by atoms with van der Waals surface area (Å²) in [6, 6.07) is 10.3. The van der Waals surface area contributed by atoms with Crippen LogP contribution in [0.15, 0.2) is 24.3 Å². The van der Waals surface area contributed by atoms with Crippen molar-refractivity contribution in [2.75, 3.05) is 44.7 Å². The number of carbonyl (C=O) groups is 1. The molecule has 2 rings (SSSR count). The van der Waals surface area contributed by atoms with Crippen LogP contribution in [0.3, 0.4) is 0 Å². The van der Waals surface area contributed by atoms with E-state index in [9.17, 15) is 4.79 Å². The van der Waals surface area contributed by atoms with Gasteiger partial charge in [-0.3, -0.25) is 4.79 Å². The molecule has 0 aromatic heterocycles. The zero-order valence-electron chi connectivity index (χ0n) is 15.0. The van der Waals surface area contributed by atoms with Crippen molar-refractivity contribution in [1.82, 2.24) is 10.2 Å². The summed E-state index contributed by atoms with van der Waals surface area (Å²) in [6.45, 7) is 8.44. The Morgan fingerprint density at radius 1 is 1.29 bits per heavy atom. The third-order valence-corrected chi connectivity index (χ3v) is 4.51. The second-order valence-electron chi connectivity index (χ2n) is 6.94. The van der Waals surface area contributed by atoms with Crippen LogP contribution >= 0.6 is 0 Å². The van der Waals surface area contributed by atoms with E-state index in [0.29, 0.717) is 5.92 Å². The lowest BCUT2D eigenvalue weighted by atomic mass is 9.89. The molecule has 1 aromatic carbocycles. The van der Waals surface area contributed by atoms with Crippen molar-refractivity contribution >= 4 is 11.6 Å². The molecule has 1 aromatic rings. The highest BCUT2D eigenvalue weighted by molar-refractivity contribution is 5.84. The summed E-state index contributed by atoms with van der Waals surface area (Å²) >= 11 is 0. The standard InChI is InChI=1S/C19H28N4O/c1-15(2)13-18(19(24)21-8-7-20)16-5-4-6-17(14-16)23-11-9-22(3)10-12-23/h4-6,14-15,18H,8-13H2,1-3H3,(H,21,24). The number of benzene rings is 1. The number of hydrogen-bond donors (Lipinski definition) is 1. The lowest BCUT2D eigenvalue weighted by Crippen LogP contribution is -2.44. The predicted octanol–water partition coefficient (Wildman–Crippen LogP) is 2.21. The molecule has 1 aliphatic heterocycles. The Kier molecular flexibility index (Phi) is 6.62. The maximum Gasteiger partial charge on any atom is 0.228 e. The zero-order valence-corrected chi connectivity index (χ0v) is 15.0. The molecule has 1 amide bonds. The molecule has 1 aliphatic rings. The Bertz CT molecular complexity index is 585. The van der Waals surface area contributed by atoms with Crippen molar-refractivity contribution in [3.63, 3.8) is 0 Å². The molecule has 130 valence electrons. The van der Waals surface area contributed by atoms with Gasteiger partial charge in [-0.05, 0) is 37.1 Å². The van der Waals surface area contributed by atoms with Gasteiger partial charge >= 0.3 is 0 Å². The number of carbonyl (C=O) groups excluding carboxylic acids is 1. The number of hydrogen-bond acceptors (Lipinski definition) is 4. The topological polar surface area (TPSA) is 59.4 Å². The highest BCUT2D eigenvalue weighted by atomic mass is 16.1. The number of nitrogens with zero attached hydrogens (tertiary/aromatic N) is 3. The van der Waals surface area contributed by atoms with Gasteiger partial charge in [-0.15, -0.1) is 0 Å². The van der Waals surface area contributed by atoms with Gasteiger partial charge < -0.3 is 15.1 Å². The highest BCUT2D eigenvalue weighted by Crippen LogP contribution is 2.28. The van der Waals surface area contributed by atoms with Gasteiger partial charge in [0.05, 0.1) is 12.0 Å². The summed E-state index contributed by atoms with van der Waals surface area (Å²) in [4.78, 5) is 17.2. The Labute approximate surface area is 145 Å². The molecule has 0 saturated carbocycles. The van der Waals surface area contributed by atoms with Crippen molar-refractivity contribution in [2.24, 2.45) is 5.92 Å². The van der Waals surface area contributed by atoms with Crippen LogP contribution in [0.5, 0.6) is 0 Å². The third-order valence-electron chi connectivity index (χ3n) is 4.51. The van der Waals surface area contributed by atoms with Gasteiger partial charge in [-0.25, -0.2) is 0 Å². The van der Waals surface area contributed by atoms with Crippen LogP contribution in [-0.2, 0) is 4.79 Å². The fourth-order valence-corrected chi connectivity index (χ4v) is 3.12. The number of likely N-dealkylation sites (N-methyl/N-ethyl adjacent to an activating group) is 1. The maximum atomic E-state index is 12.5. The van der Waals surface area contributed by atoms with Crippen molar-refractivity contribution in [2.45, 2.75) is 26.2 Å². The molecule has 24 heavy (non-hydrogen) atoms. The minimum atomic E-state index is -0.203. The number of piperazine rings is 1. The molecule has 1 saturated heterocycles. The second-order valence-corrected chi connectivity index (χ2v) is 6.94. The van der Waals surface area contributed by atoms with Gasteiger partial charge in [0.15, 0.2) is 0 Å². The minimum absolute atomic E-state index is 0.0548. The number of rotatable bonds is 6. The number of amides is 1. The fourth-order valence-electron chi connectivity index (χ4n) is 3.12. The summed E-state index contributed by atoms with van der Waals surface area (Å²) in [7, 11) is 2.14. The van der Waals surface area contributed by atoms with E-state index < -0.39 is 0 Å². The van der Waals surface area contributed by atoms with Gasteiger partial charge in [0, 0.05) is 31.9 Å². The zero-order chi connectivity index (χ0) is 17.5. The molecular formula is C19H28N4O. The van der Waals surface area contributed by atoms with E-state index in [2.05, 4.69) is 48.1 Å². The Balaban J connectivity index is 2.18. The second kappa shape index (κ2) is 8.70. The normalized spacial score (nSPS) is 16.7. The van der Waals surface area contributed by atoms with E-state index in [-0.39, 0.29) is 18.4 Å². The summed E-state index contributed by atoms with van der Waals surface area (Å²) in [5.74, 6) is 0.154. The first-order valence-corrected chi connectivity index (χ1v) is 8.69. The molecule has 0 spiro atoms. The molecular weight excluding hydrogens is 300 g/mol. The van der Waals surface area contributed by atoms with E-state index >= 15 is 0 Å². The minimum Gasteiger partial charge on any atom is -0.369 e. The van der Waals surface area contributed by atoms with Crippen molar-refractivity contribution in [3.05, 3.63) is 29.8 Å². The summed E-state index contributed by atoms with van der Waals surface area (Å²) in [5, 5.41) is 11.4. The SMILES string of the molecule is CC(C)CC(C(=O)NCC#N)c1cccc(N2CCN(C)CC2)c1. The monoisotopic (exact) mass is 328 g/mol. The van der Waals surface area contributed by atoms with Gasteiger partial charge in [0.25, 0.3) is 0 Å². The third kappa shape index (κ3) is 4.97. The Hall–Kier alpha value is -2.06. The van der Waals surface area contributed by atoms with E-state index in [1.807, 2.05) is 18.2 Å². The molecule has 5 nitrogen and oxygen atoms in total. The Morgan fingerprint density at radius 3 is 2.62 bits per heavy atom. The first-order chi connectivity index (χ1) is 11.5. The molecule has 0 radical (unpaired) electrons. The molecule has 0 bridgehead atoms. The lowest BCUT2D eigenvalue weighted by Gasteiger charge is -2.34. The molecule has 0 aliphatic carbocycles. The summed E-state index contributed by atoms with van der Waals surface area (Å²) in [5.41, 5.74) is 2.22. The van der Waals surface area contributed by atoms with Crippen LogP contribution in [0.25, 0.3) is 0 Å². The van der Waals surface area contributed by atoms with Gasteiger partial charge in [0.2, 0.25) is 5.91 Å². The molecule has 1 N–H and O–H groups in total. The van der Waals surface area contributed by atoms with Crippen LogP contribution in [0.4, 0.5) is 5.69 Å². The van der Waals surface area contributed by atoms with Gasteiger partial charge in [-0.2, -0.15) is 5.26 Å². The van der Waals surface area contributed by atoms with Gasteiger partial charge in [-0.1, -0.05) is 26.0 Å². The van der Waals surface area contributed by atoms with E-state index in [4.69, 9.17) is 5.26 Å². The summed E-state index contributed by atoms with van der Waals surface area (Å²) < 4.78 is 0. The van der Waals surface area contributed by atoms with Gasteiger partial charge in [0.1, 0.15) is 6.54 Å². The fraction of sp³-hybridized carbons (Fsp3) is 0.579. The number of nitriles is 1. The van der Waals surface area contributed by atoms with Crippen molar-refractivity contribution < 1.29 is 4.79 Å². The lowest BCUT2D eigenvalue weighted by molar-refractivity contribution is -0.122. The molecule has 5 heteroatoms. The maximum absolute atomic E-state index is 12.5. The van der Waals surface area contributed by atoms with Crippen LogP contribution in [0, 0.1) is 17.2 Å². The van der Waals surface area contributed by atoms with Crippen LogP contribution in [-0.4, -0.2) is 50.6 Å². The van der Waals surface area contributed by atoms with Crippen LogP contribution < -0.4 is 10.2 Å². The Morgan fingerprint density at radius 2 is 2.00 bits per heavy atom. The van der Waals surface area contributed by atoms with E-state index in [1.165, 1.54) is 5.69 Å². The van der Waals surface area contributed by atoms with Crippen molar-refractivity contribution in [3.8, 4) is 6.07 Å². The average Bonchev–Trinajstić information content (AvgIpc) is 2.58. The van der Waals surface area contributed by atoms with Crippen molar-refractivity contribution in [1.29, 1.82) is 5.26 Å². The van der Waals surface area contributed by atoms with E-state index in [0.717, 1.165) is 38.2 Å². The largest absolute Gasteiger partial charge is 0.369 e. The van der Waals surface area contributed by atoms with E-state index in [1.54, 1.807) is 0 Å². The molecule has 1 atom stereocenters. The first-order valence-electron chi connectivity index (χ1n) is 8.69.